The number of anilines is 2. The predicted octanol–water partition coefficient (Wildman–Crippen LogP) is 2.65. The normalized spacial score (nSPS) is 10.9. The summed E-state index contributed by atoms with van der Waals surface area (Å²) in [6.45, 7) is 2.30. The van der Waals surface area contributed by atoms with E-state index in [0.29, 0.717) is 23.3 Å². The van der Waals surface area contributed by atoms with Crippen molar-refractivity contribution in [2.24, 2.45) is 0 Å². The second-order valence-corrected chi connectivity index (χ2v) is 7.63. The first-order valence-corrected chi connectivity index (χ1v) is 9.95. The van der Waals surface area contributed by atoms with Crippen molar-refractivity contribution in [3.63, 3.8) is 0 Å². The van der Waals surface area contributed by atoms with Gasteiger partial charge in [0, 0.05) is 25.8 Å². The molecule has 0 radical (unpaired) electrons. The van der Waals surface area contributed by atoms with Gasteiger partial charge in [0.05, 0.1) is 30.0 Å². The Kier molecular flexibility index (Phi) is 5.53. The molecule has 0 aliphatic heterocycles. The Hall–Kier alpha value is -3.94. The number of aryl methyl sites for hydroxylation is 1. The van der Waals surface area contributed by atoms with Crippen LogP contribution in [-0.4, -0.2) is 39.3 Å². The van der Waals surface area contributed by atoms with E-state index in [1.165, 1.54) is 10.9 Å². The van der Waals surface area contributed by atoms with Crippen LogP contribution in [0.25, 0.3) is 10.9 Å². The van der Waals surface area contributed by atoms with Crippen LogP contribution in [0, 0.1) is 6.92 Å². The van der Waals surface area contributed by atoms with Crippen LogP contribution < -0.4 is 15.8 Å². The highest BCUT2D eigenvalue weighted by molar-refractivity contribution is 5.90. The fraction of sp³-hybridized carbons (Fsp3) is 0.217. The highest BCUT2D eigenvalue weighted by Gasteiger charge is 2.12. The molecule has 0 saturated carbocycles. The smallest absolute Gasteiger partial charge is 0.261 e. The monoisotopic (exact) mass is 416 g/mol. The van der Waals surface area contributed by atoms with Crippen molar-refractivity contribution < 1.29 is 4.79 Å². The van der Waals surface area contributed by atoms with E-state index < -0.39 is 0 Å². The molecule has 0 bridgehead atoms. The summed E-state index contributed by atoms with van der Waals surface area (Å²) < 4.78 is 3.03. The maximum atomic E-state index is 12.7. The van der Waals surface area contributed by atoms with Gasteiger partial charge in [-0.15, -0.1) is 0 Å². The summed E-state index contributed by atoms with van der Waals surface area (Å²) in [5.74, 6) is 0.250. The Morgan fingerprint density at radius 1 is 1.10 bits per heavy atom. The molecule has 1 amide bonds. The maximum Gasteiger partial charge on any atom is 0.261 e. The quantitative estimate of drug-likeness (QED) is 0.522. The van der Waals surface area contributed by atoms with Gasteiger partial charge in [0.2, 0.25) is 5.91 Å². The molecule has 8 nitrogen and oxygen atoms in total. The summed E-state index contributed by atoms with van der Waals surface area (Å²) >= 11 is 0. The molecule has 0 aliphatic rings. The van der Waals surface area contributed by atoms with Gasteiger partial charge >= 0.3 is 0 Å². The molecule has 0 saturated heterocycles. The van der Waals surface area contributed by atoms with E-state index in [4.69, 9.17) is 0 Å². The van der Waals surface area contributed by atoms with Gasteiger partial charge < -0.3 is 10.2 Å². The van der Waals surface area contributed by atoms with Crippen molar-refractivity contribution >= 4 is 28.3 Å². The highest BCUT2D eigenvalue weighted by atomic mass is 16.2. The van der Waals surface area contributed by atoms with Crippen molar-refractivity contribution in [1.82, 2.24) is 19.3 Å². The number of carbonyl (C=O) groups excluding carboxylic acids is 1. The largest absolute Gasteiger partial charge is 0.378 e. The second-order valence-electron chi connectivity index (χ2n) is 7.63. The van der Waals surface area contributed by atoms with Crippen LogP contribution in [0.1, 0.15) is 11.1 Å². The van der Waals surface area contributed by atoms with E-state index in [1.807, 2.05) is 62.3 Å². The lowest BCUT2D eigenvalue weighted by atomic mass is 10.1. The number of rotatable bonds is 6. The average molecular weight is 416 g/mol. The molecule has 0 unspecified atom stereocenters. The summed E-state index contributed by atoms with van der Waals surface area (Å²) in [5, 5.41) is 7.65. The summed E-state index contributed by atoms with van der Waals surface area (Å²) in [6.07, 6.45) is 3.05. The van der Waals surface area contributed by atoms with Crippen LogP contribution in [0.4, 0.5) is 11.5 Å². The first kappa shape index (κ1) is 20.3. The predicted molar refractivity (Wildman–Crippen MR) is 121 cm³/mol. The molecule has 2 aromatic carbocycles. The first-order valence-electron chi connectivity index (χ1n) is 9.95. The van der Waals surface area contributed by atoms with Crippen LogP contribution in [0.3, 0.4) is 0 Å². The Morgan fingerprint density at radius 3 is 2.61 bits per heavy atom. The molecule has 0 spiro atoms. The molecule has 0 atom stereocenters. The lowest BCUT2D eigenvalue weighted by Crippen LogP contribution is -2.28. The van der Waals surface area contributed by atoms with E-state index >= 15 is 0 Å². The third-order valence-corrected chi connectivity index (χ3v) is 5.14. The molecular formula is C23H24N6O2. The maximum absolute atomic E-state index is 12.7. The number of benzene rings is 2. The Labute approximate surface area is 179 Å². The molecule has 0 fully saturated rings. The third kappa shape index (κ3) is 4.32. The number of hydrogen-bond donors (Lipinski definition) is 1. The third-order valence-electron chi connectivity index (χ3n) is 5.14. The molecule has 4 rings (SSSR count). The lowest BCUT2D eigenvalue weighted by molar-refractivity contribution is -0.116. The summed E-state index contributed by atoms with van der Waals surface area (Å²) in [4.78, 5) is 31.7. The number of nitrogens with one attached hydrogen (secondary N) is 1. The molecule has 1 N–H and O–H groups in total. The molecule has 2 heterocycles. The van der Waals surface area contributed by atoms with E-state index in [2.05, 4.69) is 15.4 Å². The zero-order valence-electron chi connectivity index (χ0n) is 17.7. The van der Waals surface area contributed by atoms with Crippen LogP contribution in [-0.2, 0) is 17.9 Å². The van der Waals surface area contributed by atoms with Gasteiger partial charge in [-0.1, -0.05) is 24.3 Å². The minimum atomic E-state index is -0.319. The Bertz CT molecular complexity index is 1290. The highest BCUT2D eigenvalue weighted by Crippen LogP contribution is 2.15. The summed E-state index contributed by atoms with van der Waals surface area (Å²) in [7, 11) is 3.99. The zero-order valence-corrected chi connectivity index (χ0v) is 17.7. The van der Waals surface area contributed by atoms with Gasteiger partial charge in [0.15, 0.2) is 0 Å². The summed E-state index contributed by atoms with van der Waals surface area (Å²) in [5.41, 5.74) is 3.52. The molecular weight excluding hydrogens is 392 g/mol. The zero-order chi connectivity index (χ0) is 22.0. The van der Waals surface area contributed by atoms with Gasteiger partial charge in [0.25, 0.3) is 5.56 Å². The number of nitrogens with zero attached hydrogens (tertiary/aromatic N) is 5. The molecule has 2 aromatic heterocycles. The number of fused-ring (bicyclic) bond motifs is 1. The molecule has 4 aromatic rings. The van der Waals surface area contributed by atoms with Crippen LogP contribution in [0.5, 0.6) is 0 Å². The molecule has 8 heteroatoms. The van der Waals surface area contributed by atoms with Crippen LogP contribution in [0.15, 0.2) is 65.8 Å². The lowest BCUT2D eigenvalue weighted by Gasteiger charge is -2.13. The van der Waals surface area contributed by atoms with Crippen molar-refractivity contribution in [2.75, 3.05) is 24.3 Å². The van der Waals surface area contributed by atoms with Crippen molar-refractivity contribution in [3.05, 3.63) is 82.5 Å². The van der Waals surface area contributed by atoms with E-state index in [9.17, 15) is 9.59 Å². The number of aromatic nitrogens is 4. The number of carbonyl (C=O) groups is 1. The topological polar surface area (TPSA) is 85.0 Å². The first-order chi connectivity index (χ1) is 14.9. The number of para-hydroxylation sites is 1. The van der Waals surface area contributed by atoms with Crippen LogP contribution >= 0.6 is 0 Å². The van der Waals surface area contributed by atoms with Crippen molar-refractivity contribution in [2.45, 2.75) is 20.0 Å². The van der Waals surface area contributed by atoms with E-state index in [0.717, 1.165) is 16.8 Å². The molecule has 0 aliphatic carbocycles. The van der Waals surface area contributed by atoms with Crippen molar-refractivity contribution in [3.8, 4) is 0 Å². The van der Waals surface area contributed by atoms with Gasteiger partial charge in [-0.2, -0.15) is 5.10 Å². The Morgan fingerprint density at radius 2 is 1.87 bits per heavy atom. The SMILES string of the molecule is Cc1cccc2c(=O)n(CC(=O)Nc3ccnn3Cc3ccc(N(C)C)cc3)cnc12. The van der Waals surface area contributed by atoms with E-state index in [1.54, 1.807) is 23.0 Å². The van der Waals surface area contributed by atoms with Gasteiger partial charge in [-0.3, -0.25) is 14.2 Å². The number of amides is 1. The van der Waals surface area contributed by atoms with Gasteiger partial charge in [0.1, 0.15) is 12.4 Å². The van der Waals surface area contributed by atoms with Gasteiger partial charge in [-0.25, -0.2) is 9.67 Å². The van der Waals surface area contributed by atoms with Crippen LogP contribution in [0.2, 0.25) is 0 Å². The standard InChI is InChI=1S/C23H24N6O2/c1-16-5-4-6-19-22(16)24-15-28(23(19)31)14-21(30)26-20-11-12-25-29(20)13-17-7-9-18(10-8-17)27(2)3/h4-12,15H,13-14H2,1-3H3,(H,26,30). The molecule has 158 valence electrons. The van der Waals surface area contributed by atoms with Gasteiger partial charge in [-0.05, 0) is 36.2 Å². The summed E-state index contributed by atoms with van der Waals surface area (Å²) in [6, 6.07) is 15.3. The minimum absolute atomic E-state index is 0.127. The minimum Gasteiger partial charge on any atom is -0.378 e. The fourth-order valence-electron chi connectivity index (χ4n) is 3.42. The fourth-order valence-corrected chi connectivity index (χ4v) is 3.42. The van der Waals surface area contributed by atoms with E-state index in [-0.39, 0.29) is 18.0 Å². The average Bonchev–Trinajstić information content (AvgIpc) is 3.17. The Balaban J connectivity index is 1.48. The molecule has 31 heavy (non-hydrogen) atoms. The second kappa shape index (κ2) is 8.43. The van der Waals surface area contributed by atoms with Crippen molar-refractivity contribution in [1.29, 1.82) is 0 Å². The number of hydrogen-bond acceptors (Lipinski definition) is 5.